The van der Waals surface area contributed by atoms with Crippen molar-refractivity contribution in [3.63, 3.8) is 0 Å². The van der Waals surface area contributed by atoms with Gasteiger partial charge >= 0.3 is 0 Å². The van der Waals surface area contributed by atoms with Crippen LogP contribution in [0, 0.1) is 10.1 Å². The lowest BCUT2D eigenvalue weighted by Gasteiger charge is -2.35. The van der Waals surface area contributed by atoms with E-state index in [0.717, 1.165) is 31.5 Å². The number of non-ortho nitro benzene ring substituents is 1. The summed E-state index contributed by atoms with van der Waals surface area (Å²) in [6.07, 6.45) is 2.15. The van der Waals surface area contributed by atoms with Crippen LogP contribution in [0.1, 0.15) is 24.6 Å². The molecular formula is C12H14N4O2S. The molecule has 2 saturated heterocycles. The van der Waals surface area contributed by atoms with Crippen LogP contribution in [0.15, 0.2) is 24.3 Å². The van der Waals surface area contributed by atoms with Crippen molar-refractivity contribution < 1.29 is 4.92 Å². The molecule has 1 N–H and O–H groups in total. The van der Waals surface area contributed by atoms with E-state index in [-0.39, 0.29) is 16.8 Å². The van der Waals surface area contributed by atoms with Crippen LogP contribution >= 0.6 is 12.2 Å². The lowest BCUT2D eigenvalue weighted by Crippen LogP contribution is -2.44. The Morgan fingerprint density at radius 1 is 1.37 bits per heavy atom. The molecule has 2 aliphatic heterocycles. The highest BCUT2D eigenvalue weighted by Gasteiger charge is 2.37. The topological polar surface area (TPSA) is 61.7 Å². The second-order valence-corrected chi connectivity index (χ2v) is 5.08. The Morgan fingerprint density at radius 3 is 2.95 bits per heavy atom. The van der Waals surface area contributed by atoms with Crippen LogP contribution in [-0.2, 0) is 0 Å². The van der Waals surface area contributed by atoms with Crippen LogP contribution in [0.4, 0.5) is 5.69 Å². The molecule has 2 fully saturated rings. The van der Waals surface area contributed by atoms with Crippen LogP contribution in [-0.4, -0.2) is 33.1 Å². The molecule has 2 heterocycles. The summed E-state index contributed by atoms with van der Waals surface area (Å²) in [4.78, 5) is 10.5. The van der Waals surface area contributed by atoms with Gasteiger partial charge < -0.3 is 5.32 Å². The molecule has 0 radical (unpaired) electrons. The van der Waals surface area contributed by atoms with E-state index in [1.807, 2.05) is 6.07 Å². The number of hydrogen-bond acceptors (Lipinski definition) is 4. The van der Waals surface area contributed by atoms with Gasteiger partial charge in [-0.05, 0) is 30.6 Å². The highest BCUT2D eigenvalue weighted by Crippen LogP contribution is 2.30. The van der Waals surface area contributed by atoms with Gasteiger partial charge in [-0.2, -0.15) is 5.01 Å². The molecule has 2 aliphatic rings. The monoisotopic (exact) mass is 278 g/mol. The lowest BCUT2D eigenvalue weighted by molar-refractivity contribution is -0.385. The molecule has 0 bridgehead atoms. The van der Waals surface area contributed by atoms with Crippen LogP contribution in [0.5, 0.6) is 0 Å². The van der Waals surface area contributed by atoms with Gasteiger partial charge in [-0.15, -0.1) is 0 Å². The molecule has 100 valence electrons. The van der Waals surface area contributed by atoms with E-state index in [4.69, 9.17) is 12.2 Å². The Hall–Kier alpha value is -1.73. The Kier molecular flexibility index (Phi) is 3.08. The zero-order chi connectivity index (χ0) is 13.4. The molecule has 1 atom stereocenters. The molecule has 3 rings (SSSR count). The summed E-state index contributed by atoms with van der Waals surface area (Å²) in [6.45, 7) is 1.83. The van der Waals surface area contributed by atoms with Crippen molar-refractivity contribution in [1.29, 1.82) is 0 Å². The fraction of sp³-hybridized carbons (Fsp3) is 0.417. The van der Waals surface area contributed by atoms with Crippen LogP contribution in [0.25, 0.3) is 0 Å². The third kappa shape index (κ3) is 2.15. The largest absolute Gasteiger partial charge is 0.340 e. The van der Waals surface area contributed by atoms with Crippen molar-refractivity contribution in [3.8, 4) is 0 Å². The summed E-state index contributed by atoms with van der Waals surface area (Å²) < 4.78 is 0. The lowest BCUT2D eigenvalue weighted by atomic mass is 10.1. The van der Waals surface area contributed by atoms with Gasteiger partial charge in [-0.1, -0.05) is 12.1 Å². The number of nitro benzene ring substituents is 1. The minimum atomic E-state index is -0.370. The molecule has 19 heavy (non-hydrogen) atoms. The maximum absolute atomic E-state index is 10.9. The second kappa shape index (κ2) is 4.75. The van der Waals surface area contributed by atoms with Crippen molar-refractivity contribution in [2.24, 2.45) is 0 Å². The second-order valence-electron chi connectivity index (χ2n) is 4.70. The van der Waals surface area contributed by atoms with Gasteiger partial charge in [0, 0.05) is 25.2 Å². The van der Waals surface area contributed by atoms with E-state index >= 15 is 0 Å². The normalized spacial score (nSPS) is 23.1. The zero-order valence-corrected chi connectivity index (χ0v) is 11.1. The molecule has 0 amide bonds. The fourth-order valence-corrected chi connectivity index (χ4v) is 2.91. The van der Waals surface area contributed by atoms with Gasteiger partial charge in [0.1, 0.15) is 6.17 Å². The highest BCUT2D eigenvalue weighted by atomic mass is 32.1. The van der Waals surface area contributed by atoms with E-state index in [0.29, 0.717) is 5.11 Å². The zero-order valence-electron chi connectivity index (χ0n) is 10.3. The van der Waals surface area contributed by atoms with E-state index in [1.165, 1.54) is 6.07 Å². The van der Waals surface area contributed by atoms with Gasteiger partial charge in [-0.25, -0.2) is 0 Å². The molecule has 1 unspecified atom stereocenters. The van der Waals surface area contributed by atoms with Gasteiger partial charge in [0.15, 0.2) is 5.11 Å². The Bertz CT molecular complexity index is 536. The Balaban J connectivity index is 1.91. The first-order chi connectivity index (χ1) is 9.16. The summed E-state index contributed by atoms with van der Waals surface area (Å²) in [5, 5.41) is 19.0. The first-order valence-electron chi connectivity index (χ1n) is 6.26. The average molecular weight is 278 g/mol. The van der Waals surface area contributed by atoms with Crippen LogP contribution < -0.4 is 5.32 Å². The number of rotatable bonds is 2. The Morgan fingerprint density at radius 2 is 2.16 bits per heavy atom. The third-order valence-corrected chi connectivity index (χ3v) is 3.84. The summed E-state index contributed by atoms with van der Waals surface area (Å²) in [6, 6.07) is 6.72. The first kappa shape index (κ1) is 12.3. The number of nitrogens with zero attached hydrogens (tertiary/aromatic N) is 3. The number of thiocarbonyl (C=S) groups is 1. The number of benzene rings is 1. The minimum absolute atomic E-state index is 0.0901. The smallest absolute Gasteiger partial charge is 0.269 e. The van der Waals surface area contributed by atoms with E-state index in [9.17, 15) is 10.1 Å². The number of fused-ring (bicyclic) bond motifs is 1. The molecule has 1 aromatic rings. The molecule has 0 aromatic heterocycles. The van der Waals surface area contributed by atoms with Gasteiger partial charge in [0.25, 0.3) is 5.69 Å². The number of nitrogens with one attached hydrogen (secondary N) is 1. The summed E-state index contributed by atoms with van der Waals surface area (Å²) in [7, 11) is 0. The Labute approximate surface area is 116 Å². The summed E-state index contributed by atoms with van der Waals surface area (Å²) in [5.41, 5.74) is 0.988. The van der Waals surface area contributed by atoms with Crippen molar-refractivity contribution in [2.75, 3.05) is 13.1 Å². The van der Waals surface area contributed by atoms with Crippen molar-refractivity contribution in [3.05, 3.63) is 39.9 Å². The van der Waals surface area contributed by atoms with Gasteiger partial charge in [0.05, 0.1) is 4.92 Å². The minimum Gasteiger partial charge on any atom is -0.340 e. The standard InChI is InChI=1S/C12H14N4O2S/c17-16(18)10-5-3-4-9(8-10)11-13-12(19)15-7-2-1-6-14(11)15/h3-5,8,11H,1-2,6-7H2,(H,13,19). The molecule has 7 heteroatoms. The maximum Gasteiger partial charge on any atom is 0.269 e. The number of nitro groups is 1. The van der Waals surface area contributed by atoms with Crippen molar-refractivity contribution in [2.45, 2.75) is 19.0 Å². The fourth-order valence-electron chi connectivity index (χ4n) is 2.60. The first-order valence-corrected chi connectivity index (χ1v) is 6.66. The van der Waals surface area contributed by atoms with Gasteiger partial charge in [-0.3, -0.25) is 15.1 Å². The average Bonchev–Trinajstić information content (AvgIpc) is 2.77. The highest BCUT2D eigenvalue weighted by molar-refractivity contribution is 7.80. The number of hydrazine groups is 1. The van der Waals surface area contributed by atoms with Crippen LogP contribution in [0.3, 0.4) is 0 Å². The van der Waals surface area contributed by atoms with Gasteiger partial charge in [0.2, 0.25) is 0 Å². The predicted octanol–water partition coefficient (Wildman–Crippen LogP) is 1.79. The molecule has 0 aliphatic carbocycles. The van der Waals surface area contributed by atoms with Crippen LogP contribution in [0.2, 0.25) is 0 Å². The van der Waals surface area contributed by atoms with E-state index in [2.05, 4.69) is 15.3 Å². The van der Waals surface area contributed by atoms with E-state index in [1.54, 1.807) is 12.1 Å². The molecular weight excluding hydrogens is 264 g/mol. The quantitative estimate of drug-likeness (QED) is 0.505. The third-order valence-electron chi connectivity index (χ3n) is 3.51. The molecule has 0 saturated carbocycles. The summed E-state index contributed by atoms with van der Waals surface area (Å²) >= 11 is 5.32. The van der Waals surface area contributed by atoms with Crippen molar-refractivity contribution in [1.82, 2.24) is 15.3 Å². The van der Waals surface area contributed by atoms with E-state index < -0.39 is 0 Å². The maximum atomic E-state index is 10.9. The molecule has 6 nitrogen and oxygen atoms in total. The summed E-state index contributed by atoms with van der Waals surface area (Å²) in [5.74, 6) is 0. The molecule has 0 spiro atoms. The van der Waals surface area contributed by atoms with Crippen molar-refractivity contribution >= 4 is 23.0 Å². The number of hydrogen-bond donors (Lipinski definition) is 1. The predicted molar refractivity (Wildman–Crippen MR) is 74.2 cm³/mol. The SMILES string of the molecule is O=[N+]([O-])c1cccc(C2NC(=S)N3CCCCN23)c1. The molecule has 1 aromatic carbocycles.